The number of sulfonamides is 2. The van der Waals surface area contributed by atoms with Crippen molar-refractivity contribution in [1.82, 2.24) is 4.13 Å². The number of hydrogen-bond donors (Lipinski definition) is 0. The van der Waals surface area contributed by atoms with Gasteiger partial charge in [0.2, 0.25) is 0 Å². The molecular weight excluding hydrogens is 562 g/mol. The van der Waals surface area contributed by atoms with E-state index in [4.69, 9.17) is 0 Å². The van der Waals surface area contributed by atoms with Gasteiger partial charge in [-0.3, -0.25) is 0 Å². The smallest absolute Gasteiger partial charge is 0.204 e. The van der Waals surface area contributed by atoms with Crippen LogP contribution < -0.4 is 4.13 Å². The minimum Gasteiger partial charge on any atom is -0.204 e. The first-order valence-corrected chi connectivity index (χ1v) is 11.1. The Bertz CT molecular complexity index is 1240. The van der Waals surface area contributed by atoms with Crippen LogP contribution in [0.1, 0.15) is 22.3 Å². The first-order chi connectivity index (χ1) is 15.4. The summed E-state index contributed by atoms with van der Waals surface area (Å²) in [6.07, 6.45) is -23.9. The quantitative estimate of drug-likeness (QED) is 0.460. The Balaban J connectivity index is 2.82. The lowest BCUT2D eigenvalue weighted by atomic mass is 10.1. The summed E-state index contributed by atoms with van der Waals surface area (Å²) in [5.74, 6) is 0. The van der Waals surface area contributed by atoms with Gasteiger partial charge in [-0.25, -0.2) is 16.8 Å². The third-order valence-electron chi connectivity index (χ3n) is 3.98. The Hall–Kier alpha value is -2.54. The second-order valence-electron chi connectivity index (χ2n) is 6.37. The molecule has 0 aromatic heterocycles. The normalized spacial score (nSPS) is 14.3. The van der Waals surface area contributed by atoms with E-state index in [1.54, 1.807) is 0 Å². The van der Waals surface area contributed by atoms with Crippen LogP contribution in [-0.4, -0.2) is 16.8 Å². The molecule has 0 N–H and O–H groups in total. The number of alkyl halides is 12. The second kappa shape index (κ2) is 8.54. The fourth-order valence-electron chi connectivity index (χ4n) is 2.76. The van der Waals surface area contributed by atoms with Crippen molar-refractivity contribution < 1.29 is 69.5 Å². The molecule has 5 nitrogen and oxygen atoms in total. The van der Waals surface area contributed by atoms with E-state index in [9.17, 15) is 69.5 Å². The van der Waals surface area contributed by atoms with E-state index in [2.05, 4.69) is 0 Å². The van der Waals surface area contributed by atoms with Crippen molar-refractivity contribution in [3.8, 4) is 0 Å². The lowest BCUT2D eigenvalue weighted by molar-refractivity contribution is -0.163. The maximum atomic E-state index is 13.3. The number of nitrogens with zero attached hydrogens (tertiary/aromatic N) is 1. The number of hydrogen-bond acceptors (Lipinski definition) is 4. The van der Waals surface area contributed by atoms with Crippen LogP contribution in [0.25, 0.3) is 0 Å². The third kappa shape index (κ3) is 6.00. The van der Waals surface area contributed by atoms with Crippen molar-refractivity contribution in [2.75, 3.05) is 0 Å². The molecule has 1 radical (unpaired) electrons. The molecule has 2 aromatic carbocycles. The molecule has 2 aromatic rings. The molecule has 0 unspecified atom stereocenters. The zero-order valence-electron chi connectivity index (χ0n) is 15.9. The molecule has 2 rings (SSSR count). The van der Waals surface area contributed by atoms with Gasteiger partial charge in [-0.15, -0.1) is 0 Å². The van der Waals surface area contributed by atoms with Crippen LogP contribution in [0.15, 0.2) is 46.2 Å². The minimum absolute atomic E-state index is 0.110. The highest BCUT2D eigenvalue weighted by molar-refractivity contribution is 8.04. The van der Waals surface area contributed by atoms with E-state index in [1.165, 1.54) is 0 Å². The summed E-state index contributed by atoms with van der Waals surface area (Å²) in [6.45, 7) is 0. The van der Waals surface area contributed by atoms with Crippen LogP contribution in [0, 0.1) is 0 Å². The van der Waals surface area contributed by atoms with Crippen LogP contribution in [0.4, 0.5) is 52.7 Å². The van der Waals surface area contributed by atoms with Gasteiger partial charge < -0.3 is 0 Å². The molecule has 0 spiro atoms. The maximum Gasteiger partial charge on any atom is 0.418 e. The Morgan fingerprint density at radius 2 is 0.771 bits per heavy atom. The van der Waals surface area contributed by atoms with Gasteiger partial charge in [0, 0.05) is 4.13 Å². The number of benzene rings is 2. The summed E-state index contributed by atoms with van der Waals surface area (Å²) in [4.78, 5) is -4.83. The minimum atomic E-state index is -6.40. The molecule has 195 valence electrons. The average Bonchev–Trinajstić information content (AvgIpc) is 2.63. The second-order valence-corrected chi connectivity index (χ2v) is 9.75. The topological polar surface area (TPSA) is 82.4 Å². The monoisotopic (exact) mass is 568 g/mol. The Morgan fingerprint density at radius 1 is 0.486 bits per heavy atom. The first-order valence-electron chi connectivity index (χ1n) is 8.20. The van der Waals surface area contributed by atoms with E-state index < -0.39 is 76.8 Å². The van der Waals surface area contributed by atoms with Crippen LogP contribution in [0.2, 0.25) is 0 Å². The Kier molecular flexibility index (Phi) is 7.00. The van der Waals surface area contributed by atoms with Crippen LogP contribution in [0.5, 0.6) is 0 Å². The van der Waals surface area contributed by atoms with Gasteiger partial charge in [-0.2, -0.15) is 52.7 Å². The van der Waals surface area contributed by atoms with E-state index >= 15 is 0 Å². The fraction of sp³-hybridized carbons (Fsp3) is 0.250. The number of rotatable bonds is 4. The molecule has 19 heteroatoms. The SMILES string of the molecule is O=S(=O)([N]S(=O)(=O)c1cccc(C(F)(F)F)c1C(F)(F)F)c1cccc(C(F)(F)F)c1C(F)(F)F. The standard InChI is InChI=1S/C16H6F12NO4S2/c17-13(18,19)7-3-1-5-9(11(7)15(23,24)25)34(30,31)29-35(32,33)10-6-2-4-8(14(20,21)22)12(10)16(26,27)28/h1-6H. The van der Waals surface area contributed by atoms with Gasteiger partial charge in [0.05, 0.1) is 32.0 Å². The summed E-state index contributed by atoms with van der Waals surface area (Å²) in [7, 11) is -12.8. The molecule has 0 amide bonds. The third-order valence-corrected chi connectivity index (χ3v) is 7.34. The molecule has 35 heavy (non-hydrogen) atoms. The molecular formula is C16H6F12NO4S2. The van der Waals surface area contributed by atoms with Crippen molar-refractivity contribution in [3.05, 3.63) is 58.7 Å². The van der Waals surface area contributed by atoms with Gasteiger partial charge in [0.25, 0.3) is 20.0 Å². The van der Waals surface area contributed by atoms with Crippen LogP contribution in [0.3, 0.4) is 0 Å². The predicted molar refractivity (Wildman–Crippen MR) is 89.4 cm³/mol. The zero-order chi connectivity index (χ0) is 27.4. The molecule has 0 bridgehead atoms. The molecule has 0 atom stereocenters. The summed E-state index contributed by atoms with van der Waals surface area (Å²) in [5, 5.41) is 0. The largest absolute Gasteiger partial charge is 0.418 e. The summed E-state index contributed by atoms with van der Waals surface area (Å²) in [5.41, 5.74) is -11.1. The van der Waals surface area contributed by atoms with Gasteiger partial charge in [-0.1, -0.05) is 12.1 Å². The lowest BCUT2D eigenvalue weighted by Crippen LogP contribution is -2.30. The molecule has 0 heterocycles. The van der Waals surface area contributed by atoms with Crippen molar-refractivity contribution in [2.24, 2.45) is 0 Å². The van der Waals surface area contributed by atoms with Gasteiger partial charge in [-0.05, 0) is 24.3 Å². The van der Waals surface area contributed by atoms with Crippen molar-refractivity contribution >= 4 is 20.0 Å². The highest BCUT2D eigenvalue weighted by atomic mass is 32.3. The molecule has 0 fully saturated rings. The molecule has 0 aliphatic carbocycles. The maximum absolute atomic E-state index is 13.3. The summed E-state index contributed by atoms with van der Waals surface area (Å²) < 4.78 is 209. The summed E-state index contributed by atoms with van der Waals surface area (Å²) in [6, 6.07) is -0.542. The van der Waals surface area contributed by atoms with Gasteiger partial charge >= 0.3 is 24.7 Å². The Morgan fingerprint density at radius 3 is 1.00 bits per heavy atom. The predicted octanol–water partition coefficient (Wildman–Crippen LogP) is 5.44. The number of halogens is 12. The molecule has 0 aliphatic heterocycles. The highest BCUT2D eigenvalue weighted by Crippen LogP contribution is 2.45. The lowest BCUT2D eigenvalue weighted by Gasteiger charge is -2.20. The average molecular weight is 568 g/mol. The van der Waals surface area contributed by atoms with Crippen LogP contribution in [-0.2, 0) is 44.8 Å². The molecule has 0 saturated heterocycles. The van der Waals surface area contributed by atoms with E-state index in [1.807, 2.05) is 4.13 Å². The zero-order valence-corrected chi connectivity index (χ0v) is 17.5. The first kappa shape index (κ1) is 28.7. The van der Waals surface area contributed by atoms with Crippen molar-refractivity contribution in [2.45, 2.75) is 34.5 Å². The molecule has 0 saturated carbocycles. The van der Waals surface area contributed by atoms with Gasteiger partial charge in [0.15, 0.2) is 0 Å². The Labute approximate surface area is 187 Å². The summed E-state index contributed by atoms with van der Waals surface area (Å²) >= 11 is 0. The van der Waals surface area contributed by atoms with E-state index in [-0.39, 0.29) is 36.4 Å². The van der Waals surface area contributed by atoms with Gasteiger partial charge in [0.1, 0.15) is 0 Å². The highest BCUT2D eigenvalue weighted by Gasteiger charge is 2.50. The van der Waals surface area contributed by atoms with Crippen LogP contribution >= 0.6 is 0 Å². The van der Waals surface area contributed by atoms with E-state index in [0.717, 1.165) is 0 Å². The van der Waals surface area contributed by atoms with Crippen molar-refractivity contribution in [1.29, 1.82) is 0 Å². The molecule has 0 aliphatic rings. The fourth-order valence-corrected chi connectivity index (χ4v) is 5.90. The van der Waals surface area contributed by atoms with Crippen molar-refractivity contribution in [3.63, 3.8) is 0 Å². The van der Waals surface area contributed by atoms with E-state index in [0.29, 0.717) is 0 Å².